The van der Waals surface area contributed by atoms with Crippen LogP contribution in [0.15, 0.2) is 78.9 Å². The second kappa shape index (κ2) is 8.29. The van der Waals surface area contributed by atoms with E-state index in [1.54, 1.807) is 19.1 Å². The highest BCUT2D eigenvalue weighted by Crippen LogP contribution is 2.31. The quantitative estimate of drug-likeness (QED) is 0.472. The van der Waals surface area contributed by atoms with E-state index in [9.17, 15) is 9.90 Å². The predicted molar refractivity (Wildman–Crippen MR) is 114 cm³/mol. The summed E-state index contributed by atoms with van der Waals surface area (Å²) in [7, 11) is 0. The van der Waals surface area contributed by atoms with Crippen molar-refractivity contribution in [2.24, 2.45) is 0 Å². The highest BCUT2D eigenvalue weighted by atomic mass is 16.3. The van der Waals surface area contributed by atoms with Gasteiger partial charge in [-0.1, -0.05) is 60.7 Å². The third-order valence-corrected chi connectivity index (χ3v) is 4.86. The number of aliphatic hydroxyl groups is 1. The minimum absolute atomic E-state index is 0.0303. The van der Waals surface area contributed by atoms with Gasteiger partial charge in [0.1, 0.15) is 5.82 Å². The summed E-state index contributed by atoms with van der Waals surface area (Å²) in [6.45, 7) is 1.85. The van der Waals surface area contributed by atoms with E-state index in [1.807, 2.05) is 42.5 Å². The molecule has 0 unspecified atom stereocenters. The molecule has 3 N–H and O–H groups in total. The molecular weight excluding hydrogens is 362 g/mol. The number of aromatic nitrogens is 2. The van der Waals surface area contributed by atoms with E-state index in [-0.39, 0.29) is 18.4 Å². The number of H-pyrrole nitrogens is 1. The van der Waals surface area contributed by atoms with Crippen LogP contribution in [0.5, 0.6) is 0 Å². The summed E-state index contributed by atoms with van der Waals surface area (Å²) in [4.78, 5) is 20.5. The molecule has 0 aliphatic carbocycles. The molecule has 1 atom stereocenters. The normalized spacial score (nSPS) is 12.2. The van der Waals surface area contributed by atoms with E-state index in [0.717, 1.165) is 28.0 Å². The fourth-order valence-corrected chi connectivity index (χ4v) is 3.45. The maximum atomic E-state index is 12.3. The van der Waals surface area contributed by atoms with Crippen molar-refractivity contribution in [3.63, 3.8) is 0 Å². The molecule has 0 saturated heterocycles. The van der Waals surface area contributed by atoms with Gasteiger partial charge >= 0.3 is 0 Å². The van der Waals surface area contributed by atoms with Gasteiger partial charge in [0.2, 0.25) is 0 Å². The maximum Gasteiger partial charge on any atom is 0.251 e. The number of fused-ring (bicyclic) bond motifs is 1. The largest absolute Gasteiger partial charge is 0.392 e. The molecule has 3 aromatic carbocycles. The summed E-state index contributed by atoms with van der Waals surface area (Å²) in [6.07, 6.45) is -0.584. The highest BCUT2D eigenvalue weighted by Gasteiger charge is 2.20. The van der Waals surface area contributed by atoms with Crippen molar-refractivity contribution in [2.45, 2.75) is 18.9 Å². The first-order valence-corrected chi connectivity index (χ1v) is 9.67. The number of carbonyl (C=O) groups is 1. The molecule has 0 radical (unpaired) electrons. The van der Waals surface area contributed by atoms with Crippen molar-refractivity contribution in [2.75, 3.05) is 6.54 Å². The Kier molecular flexibility index (Phi) is 5.40. The van der Waals surface area contributed by atoms with Crippen LogP contribution >= 0.6 is 0 Å². The SMILES string of the molecule is C[C@@H](O)CNC(=O)c1ccc2nc(C(c3ccccc3)c3ccccc3)[nH]c2c1. The molecule has 5 heteroatoms. The average molecular weight is 385 g/mol. The Labute approximate surface area is 169 Å². The highest BCUT2D eigenvalue weighted by molar-refractivity contribution is 5.97. The zero-order chi connectivity index (χ0) is 20.2. The number of benzene rings is 3. The molecule has 0 aliphatic heterocycles. The standard InChI is InChI=1S/C24H23N3O2/c1-16(28)15-25-24(29)19-12-13-20-21(14-19)27-23(26-20)22(17-8-4-2-5-9-17)18-10-6-3-7-11-18/h2-14,16,22,28H,15H2,1H3,(H,25,29)(H,26,27)/t16-/m1/s1. The van der Waals surface area contributed by atoms with Crippen molar-refractivity contribution in [1.29, 1.82) is 0 Å². The molecule has 4 rings (SSSR count). The molecule has 29 heavy (non-hydrogen) atoms. The molecule has 1 heterocycles. The van der Waals surface area contributed by atoms with Crippen LogP contribution in [0, 0.1) is 0 Å². The summed E-state index contributed by atoms with van der Waals surface area (Å²) in [6, 6.07) is 25.9. The summed E-state index contributed by atoms with van der Waals surface area (Å²) in [5.74, 6) is 0.586. The van der Waals surface area contributed by atoms with Crippen LogP contribution in [-0.4, -0.2) is 33.6 Å². The molecule has 1 aromatic heterocycles. The smallest absolute Gasteiger partial charge is 0.251 e. The van der Waals surface area contributed by atoms with Gasteiger partial charge in [-0.15, -0.1) is 0 Å². The zero-order valence-electron chi connectivity index (χ0n) is 16.2. The molecule has 5 nitrogen and oxygen atoms in total. The van der Waals surface area contributed by atoms with E-state index >= 15 is 0 Å². The molecular formula is C24H23N3O2. The fourth-order valence-electron chi connectivity index (χ4n) is 3.45. The van der Waals surface area contributed by atoms with E-state index < -0.39 is 6.10 Å². The van der Waals surface area contributed by atoms with Crippen molar-refractivity contribution in [3.8, 4) is 0 Å². The molecule has 0 bridgehead atoms. The Morgan fingerprint density at radius 1 is 1.00 bits per heavy atom. The Balaban J connectivity index is 1.72. The second-order valence-electron chi connectivity index (χ2n) is 7.17. The van der Waals surface area contributed by atoms with Crippen LogP contribution in [-0.2, 0) is 0 Å². The molecule has 1 amide bonds. The monoisotopic (exact) mass is 385 g/mol. The summed E-state index contributed by atoms with van der Waals surface area (Å²) in [5.41, 5.74) is 4.44. The topological polar surface area (TPSA) is 78.0 Å². The Morgan fingerprint density at radius 2 is 1.62 bits per heavy atom. The van der Waals surface area contributed by atoms with Crippen LogP contribution < -0.4 is 5.32 Å². The van der Waals surface area contributed by atoms with Gasteiger partial charge in [0.25, 0.3) is 5.91 Å². The number of hydrogen-bond donors (Lipinski definition) is 3. The lowest BCUT2D eigenvalue weighted by Crippen LogP contribution is -2.30. The predicted octanol–water partition coefficient (Wildman–Crippen LogP) is 3.85. The number of aliphatic hydroxyl groups excluding tert-OH is 1. The molecule has 4 aromatic rings. The van der Waals surface area contributed by atoms with Crippen molar-refractivity contribution >= 4 is 16.9 Å². The minimum atomic E-state index is -0.584. The summed E-state index contributed by atoms with van der Waals surface area (Å²) < 4.78 is 0. The van der Waals surface area contributed by atoms with Gasteiger partial charge in [-0.05, 0) is 36.2 Å². The van der Waals surface area contributed by atoms with E-state index in [0.29, 0.717) is 5.56 Å². The zero-order valence-corrected chi connectivity index (χ0v) is 16.2. The number of imidazole rings is 1. The van der Waals surface area contributed by atoms with Crippen molar-refractivity contribution in [1.82, 2.24) is 15.3 Å². The van der Waals surface area contributed by atoms with Crippen LogP contribution in [0.25, 0.3) is 11.0 Å². The van der Waals surface area contributed by atoms with Gasteiger partial charge in [0.15, 0.2) is 0 Å². The van der Waals surface area contributed by atoms with Gasteiger partial charge < -0.3 is 15.4 Å². The minimum Gasteiger partial charge on any atom is -0.392 e. The Bertz CT molecular complexity index is 1070. The van der Waals surface area contributed by atoms with Crippen LogP contribution in [0.3, 0.4) is 0 Å². The van der Waals surface area contributed by atoms with E-state index in [1.165, 1.54) is 0 Å². The van der Waals surface area contributed by atoms with Gasteiger partial charge in [-0.25, -0.2) is 4.98 Å². The third kappa shape index (κ3) is 4.20. The van der Waals surface area contributed by atoms with Gasteiger partial charge in [0, 0.05) is 12.1 Å². The van der Waals surface area contributed by atoms with Gasteiger partial charge in [-0.2, -0.15) is 0 Å². The summed E-state index contributed by atoms with van der Waals surface area (Å²) >= 11 is 0. The number of hydrogen-bond acceptors (Lipinski definition) is 3. The van der Waals surface area contributed by atoms with Crippen LogP contribution in [0.2, 0.25) is 0 Å². The average Bonchev–Trinajstić information content (AvgIpc) is 3.16. The number of carbonyl (C=O) groups excluding carboxylic acids is 1. The first kappa shape index (κ1) is 18.9. The lowest BCUT2D eigenvalue weighted by molar-refractivity contribution is 0.0924. The van der Waals surface area contributed by atoms with E-state index in [4.69, 9.17) is 4.98 Å². The summed E-state index contributed by atoms with van der Waals surface area (Å²) in [5, 5.41) is 12.1. The van der Waals surface area contributed by atoms with Crippen molar-refractivity contribution in [3.05, 3.63) is 101 Å². The lowest BCUT2D eigenvalue weighted by Gasteiger charge is -2.15. The molecule has 0 spiro atoms. The Morgan fingerprint density at radius 3 is 2.21 bits per heavy atom. The maximum absolute atomic E-state index is 12.3. The first-order valence-electron chi connectivity index (χ1n) is 9.67. The van der Waals surface area contributed by atoms with Gasteiger partial charge in [0.05, 0.1) is 23.1 Å². The number of nitrogens with zero attached hydrogens (tertiary/aromatic N) is 1. The first-order chi connectivity index (χ1) is 14.1. The van der Waals surface area contributed by atoms with E-state index in [2.05, 4.69) is 34.6 Å². The van der Waals surface area contributed by atoms with Crippen LogP contribution in [0.1, 0.15) is 40.2 Å². The lowest BCUT2D eigenvalue weighted by atomic mass is 9.91. The number of amides is 1. The molecule has 0 aliphatic rings. The second-order valence-corrected chi connectivity index (χ2v) is 7.17. The number of aromatic amines is 1. The molecule has 146 valence electrons. The van der Waals surface area contributed by atoms with Crippen molar-refractivity contribution < 1.29 is 9.90 Å². The number of nitrogens with one attached hydrogen (secondary N) is 2. The molecule has 0 saturated carbocycles. The fraction of sp³-hybridized carbons (Fsp3) is 0.167. The Hall–Kier alpha value is -3.44. The number of rotatable bonds is 6. The van der Waals surface area contributed by atoms with Gasteiger partial charge in [-0.3, -0.25) is 4.79 Å². The van der Waals surface area contributed by atoms with Crippen LogP contribution in [0.4, 0.5) is 0 Å². The third-order valence-electron chi connectivity index (χ3n) is 4.86. The molecule has 0 fully saturated rings.